The molecule has 0 radical (unpaired) electrons. The van der Waals surface area contributed by atoms with Gasteiger partial charge in [-0.05, 0) is 72.6 Å². The summed E-state index contributed by atoms with van der Waals surface area (Å²) in [5.74, 6) is -1.09. The second-order valence-corrected chi connectivity index (χ2v) is 10.3. The number of fused-ring (bicyclic) bond motifs is 5. The molecule has 3 aromatic carbocycles. The van der Waals surface area contributed by atoms with Crippen LogP contribution in [0.2, 0.25) is 0 Å². The van der Waals surface area contributed by atoms with E-state index in [9.17, 15) is 19.2 Å². The third-order valence-electron chi connectivity index (χ3n) is 8.26. The first-order chi connectivity index (χ1) is 18.0. The van der Waals surface area contributed by atoms with Crippen LogP contribution in [0, 0.1) is 23.1 Å². The number of ether oxygens (including phenoxy) is 1. The van der Waals surface area contributed by atoms with E-state index < -0.39 is 5.82 Å². The topological polar surface area (TPSA) is 70.4 Å². The summed E-state index contributed by atoms with van der Waals surface area (Å²) in [5.41, 5.74) is 5.04. The molecule has 6 heteroatoms. The Morgan fingerprint density at radius 2 is 1.57 bits per heavy atom. The number of carbonyl (C=O) groups excluding carboxylic acids is 2. The van der Waals surface area contributed by atoms with Crippen molar-refractivity contribution in [1.29, 1.82) is 5.26 Å². The lowest BCUT2D eigenvalue weighted by Gasteiger charge is -2.47. The maximum atomic E-state index is 13.9. The molecule has 0 saturated carbocycles. The molecule has 0 aromatic heterocycles. The molecule has 6 rings (SSSR count). The lowest BCUT2D eigenvalue weighted by molar-refractivity contribution is 0.00650. The normalized spacial score (nSPS) is 22.1. The van der Waals surface area contributed by atoms with E-state index in [1.54, 1.807) is 0 Å². The van der Waals surface area contributed by atoms with Crippen LogP contribution in [0.5, 0.6) is 0 Å². The average Bonchev–Trinajstić information content (AvgIpc) is 3.24. The summed E-state index contributed by atoms with van der Waals surface area (Å²) in [6, 6.07) is 22.0. The highest BCUT2D eigenvalue weighted by atomic mass is 19.1. The zero-order chi connectivity index (χ0) is 25.5. The van der Waals surface area contributed by atoms with Crippen LogP contribution in [0.25, 0.3) is 11.1 Å². The van der Waals surface area contributed by atoms with Gasteiger partial charge in [-0.15, -0.1) is 0 Å². The largest absolute Gasteiger partial charge is 0.448 e. The summed E-state index contributed by atoms with van der Waals surface area (Å²) in [6.07, 6.45) is 3.28. The van der Waals surface area contributed by atoms with Gasteiger partial charge < -0.3 is 9.64 Å². The van der Waals surface area contributed by atoms with E-state index >= 15 is 0 Å². The highest BCUT2D eigenvalue weighted by molar-refractivity contribution is 6.00. The second kappa shape index (κ2) is 9.48. The van der Waals surface area contributed by atoms with Crippen molar-refractivity contribution in [3.8, 4) is 17.2 Å². The zero-order valence-corrected chi connectivity index (χ0v) is 20.4. The molecule has 3 aliphatic rings. The monoisotopic (exact) mass is 494 g/mol. The molecule has 2 unspecified atom stereocenters. The average molecular weight is 495 g/mol. The highest BCUT2D eigenvalue weighted by Gasteiger charge is 2.44. The van der Waals surface area contributed by atoms with Crippen molar-refractivity contribution in [3.63, 3.8) is 0 Å². The molecule has 2 fully saturated rings. The number of halogens is 1. The minimum Gasteiger partial charge on any atom is -0.448 e. The molecule has 2 atom stereocenters. The number of rotatable bonds is 4. The summed E-state index contributed by atoms with van der Waals surface area (Å²) in [5, 5.41) is 9.41. The number of nitriles is 1. The number of piperidine rings is 2. The van der Waals surface area contributed by atoms with Crippen molar-refractivity contribution in [3.05, 3.63) is 94.8 Å². The van der Waals surface area contributed by atoms with Crippen LogP contribution in [-0.4, -0.2) is 35.5 Å². The SMILES string of the molecule is N#Cc1ccc(F)cc1C(=O)C1CC2CCCC(C1)N2C(=O)OCC1c2ccccc2-c2ccccc21. The molecule has 3 aromatic rings. The molecule has 2 aliphatic heterocycles. The fourth-order valence-corrected chi connectivity index (χ4v) is 6.60. The van der Waals surface area contributed by atoms with Crippen molar-refractivity contribution in [1.82, 2.24) is 4.90 Å². The summed E-state index contributed by atoms with van der Waals surface area (Å²) >= 11 is 0. The van der Waals surface area contributed by atoms with Crippen molar-refractivity contribution < 1.29 is 18.7 Å². The number of hydrogen-bond acceptors (Lipinski definition) is 4. The van der Waals surface area contributed by atoms with E-state index in [2.05, 4.69) is 24.3 Å². The maximum absolute atomic E-state index is 13.9. The second-order valence-electron chi connectivity index (χ2n) is 10.3. The Balaban J connectivity index is 1.18. The number of nitrogens with zero attached hydrogens (tertiary/aromatic N) is 2. The van der Waals surface area contributed by atoms with Gasteiger partial charge in [-0.2, -0.15) is 5.26 Å². The van der Waals surface area contributed by atoms with Crippen LogP contribution >= 0.6 is 0 Å². The standard InChI is InChI=1S/C31H27FN2O3/c32-21-13-12-19(17-33)28(16-21)30(35)20-14-22-6-5-7-23(15-20)34(22)31(36)37-18-29-26-10-3-1-8-24(26)25-9-2-4-11-27(25)29/h1-4,8-13,16,20,22-23,29H,5-7,14-15,18H2. The molecular formula is C31H27FN2O3. The van der Waals surface area contributed by atoms with Crippen LogP contribution in [0.1, 0.15) is 65.1 Å². The number of amides is 1. The third kappa shape index (κ3) is 4.09. The molecule has 0 spiro atoms. The third-order valence-corrected chi connectivity index (χ3v) is 8.26. The van der Waals surface area contributed by atoms with Gasteiger partial charge in [0.15, 0.2) is 5.78 Å². The molecule has 2 heterocycles. The van der Waals surface area contributed by atoms with Gasteiger partial charge in [0.05, 0.1) is 11.6 Å². The van der Waals surface area contributed by atoms with Gasteiger partial charge in [-0.3, -0.25) is 4.79 Å². The molecule has 186 valence electrons. The highest BCUT2D eigenvalue weighted by Crippen LogP contribution is 2.45. The predicted octanol–water partition coefficient (Wildman–Crippen LogP) is 6.46. The van der Waals surface area contributed by atoms with Gasteiger partial charge in [0.1, 0.15) is 12.4 Å². The first-order valence-corrected chi connectivity index (χ1v) is 12.9. The Kier molecular flexibility index (Phi) is 6.00. The minimum atomic E-state index is -0.529. The Hall–Kier alpha value is -3.98. The van der Waals surface area contributed by atoms with Gasteiger partial charge in [0.2, 0.25) is 0 Å². The summed E-state index contributed by atoms with van der Waals surface area (Å²) in [7, 11) is 0. The molecule has 37 heavy (non-hydrogen) atoms. The summed E-state index contributed by atoms with van der Waals surface area (Å²) in [6.45, 7) is 0.264. The van der Waals surface area contributed by atoms with Crippen molar-refractivity contribution in [2.75, 3.05) is 6.61 Å². The van der Waals surface area contributed by atoms with E-state index in [0.29, 0.717) is 12.8 Å². The van der Waals surface area contributed by atoms with E-state index in [-0.39, 0.29) is 53.5 Å². The van der Waals surface area contributed by atoms with E-state index in [1.807, 2.05) is 35.2 Å². The summed E-state index contributed by atoms with van der Waals surface area (Å²) < 4.78 is 19.8. The van der Waals surface area contributed by atoms with Crippen LogP contribution in [0.3, 0.4) is 0 Å². The molecular weight excluding hydrogens is 467 g/mol. The van der Waals surface area contributed by atoms with E-state index in [0.717, 1.165) is 25.3 Å². The molecule has 1 amide bonds. The number of hydrogen-bond donors (Lipinski definition) is 0. The lowest BCUT2D eigenvalue weighted by Crippen LogP contribution is -2.56. The Bertz CT molecular complexity index is 1370. The Morgan fingerprint density at radius 3 is 2.19 bits per heavy atom. The first kappa shape index (κ1) is 23.4. The number of Topliss-reactive ketones (excluding diaryl/α,β-unsaturated/α-hetero) is 1. The molecule has 0 N–H and O–H groups in total. The number of ketones is 1. The maximum Gasteiger partial charge on any atom is 0.410 e. The predicted molar refractivity (Wildman–Crippen MR) is 137 cm³/mol. The van der Waals surface area contributed by atoms with Crippen molar-refractivity contribution in [2.45, 2.75) is 50.1 Å². The molecule has 5 nitrogen and oxygen atoms in total. The van der Waals surface area contributed by atoms with E-state index in [1.165, 1.54) is 34.4 Å². The smallest absolute Gasteiger partial charge is 0.410 e. The van der Waals surface area contributed by atoms with Crippen molar-refractivity contribution in [2.24, 2.45) is 5.92 Å². The Labute approximate surface area is 215 Å². The lowest BCUT2D eigenvalue weighted by atomic mass is 9.75. The van der Waals surface area contributed by atoms with Gasteiger partial charge in [-0.25, -0.2) is 9.18 Å². The van der Waals surface area contributed by atoms with Crippen LogP contribution < -0.4 is 0 Å². The number of carbonyl (C=O) groups is 2. The zero-order valence-electron chi connectivity index (χ0n) is 20.4. The van der Waals surface area contributed by atoms with Gasteiger partial charge in [-0.1, -0.05) is 48.5 Å². The minimum absolute atomic E-state index is 0.00677. The summed E-state index contributed by atoms with van der Waals surface area (Å²) in [4.78, 5) is 28.6. The molecule has 2 bridgehead atoms. The van der Waals surface area contributed by atoms with Crippen LogP contribution in [0.4, 0.5) is 9.18 Å². The fraction of sp³-hybridized carbons (Fsp3) is 0.323. The van der Waals surface area contributed by atoms with Gasteiger partial charge in [0, 0.05) is 29.5 Å². The number of benzene rings is 3. The first-order valence-electron chi connectivity index (χ1n) is 12.9. The molecule has 2 saturated heterocycles. The van der Waals surface area contributed by atoms with Gasteiger partial charge >= 0.3 is 6.09 Å². The molecule has 1 aliphatic carbocycles. The van der Waals surface area contributed by atoms with E-state index in [4.69, 9.17) is 4.74 Å². The van der Waals surface area contributed by atoms with Crippen LogP contribution in [-0.2, 0) is 4.74 Å². The van der Waals surface area contributed by atoms with Crippen LogP contribution in [0.15, 0.2) is 66.7 Å². The van der Waals surface area contributed by atoms with Crippen molar-refractivity contribution >= 4 is 11.9 Å². The Morgan fingerprint density at radius 1 is 0.946 bits per heavy atom. The quantitative estimate of drug-likeness (QED) is 0.390. The van der Waals surface area contributed by atoms with Gasteiger partial charge in [0.25, 0.3) is 0 Å². The fourth-order valence-electron chi connectivity index (χ4n) is 6.60.